The highest BCUT2D eigenvalue weighted by molar-refractivity contribution is 5.81. The Balaban J connectivity index is 1.57. The van der Waals surface area contributed by atoms with Gasteiger partial charge in [-0.05, 0) is 11.1 Å². The number of alkyl carbamates (subject to hydrolysis) is 1. The van der Waals surface area contributed by atoms with Crippen molar-refractivity contribution in [2.24, 2.45) is 0 Å². The molecule has 0 atom stereocenters. The quantitative estimate of drug-likeness (QED) is 0.768. The van der Waals surface area contributed by atoms with Crippen molar-refractivity contribution < 1.29 is 19.2 Å². The summed E-state index contributed by atoms with van der Waals surface area (Å²) in [5, 5.41) is 2.35. The van der Waals surface area contributed by atoms with Crippen LogP contribution in [0, 0.1) is 0 Å². The second-order valence-corrected chi connectivity index (χ2v) is 4.71. The van der Waals surface area contributed by atoms with Gasteiger partial charge < -0.3 is 10.1 Å². The van der Waals surface area contributed by atoms with Gasteiger partial charge in [-0.3, -0.25) is 9.63 Å². The van der Waals surface area contributed by atoms with E-state index in [9.17, 15) is 9.59 Å². The summed E-state index contributed by atoms with van der Waals surface area (Å²) in [6.45, 7) is 0.187. The Bertz CT molecular complexity index is 617. The van der Waals surface area contributed by atoms with Crippen molar-refractivity contribution >= 4 is 12.0 Å². The maximum absolute atomic E-state index is 11.5. The first-order valence-electron chi connectivity index (χ1n) is 7.13. The average molecular weight is 314 g/mol. The Kier molecular flexibility index (Phi) is 6.62. The van der Waals surface area contributed by atoms with Crippen molar-refractivity contribution in [3.8, 4) is 0 Å². The van der Waals surface area contributed by atoms with Crippen molar-refractivity contribution in [2.75, 3.05) is 6.54 Å². The molecule has 120 valence electrons. The van der Waals surface area contributed by atoms with Crippen LogP contribution in [0.3, 0.4) is 0 Å². The van der Waals surface area contributed by atoms with Crippen LogP contribution >= 0.6 is 0 Å². The summed E-state index contributed by atoms with van der Waals surface area (Å²) in [6, 6.07) is 18.7. The predicted octanol–water partition coefficient (Wildman–Crippen LogP) is 2.16. The second-order valence-electron chi connectivity index (χ2n) is 4.71. The van der Waals surface area contributed by atoms with Gasteiger partial charge in [-0.1, -0.05) is 60.7 Å². The van der Waals surface area contributed by atoms with E-state index in [4.69, 9.17) is 9.57 Å². The molecule has 0 aromatic heterocycles. The Morgan fingerprint density at radius 3 is 2.00 bits per heavy atom. The lowest BCUT2D eigenvalue weighted by atomic mass is 10.2. The lowest BCUT2D eigenvalue weighted by Crippen LogP contribution is -2.37. The van der Waals surface area contributed by atoms with Crippen LogP contribution in [-0.2, 0) is 27.6 Å². The number of rotatable bonds is 7. The first kappa shape index (κ1) is 16.5. The molecule has 0 saturated heterocycles. The number of ether oxygens (including phenoxy) is 1. The Hall–Kier alpha value is -2.86. The highest BCUT2D eigenvalue weighted by atomic mass is 16.6. The normalized spacial score (nSPS) is 9.91. The van der Waals surface area contributed by atoms with E-state index in [2.05, 4.69) is 10.8 Å². The van der Waals surface area contributed by atoms with E-state index in [0.29, 0.717) is 0 Å². The first-order chi connectivity index (χ1) is 11.2. The number of hydrogen-bond acceptors (Lipinski definition) is 4. The summed E-state index contributed by atoms with van der Waals surface area (Å²) in [5.74, 6) is -0.461. The molecule has 2 rings (SSSR count). The molecule has 0 spiro atoms. The van der Waals surface area contributed by atoms with Crippen molar-refractivity contribution in [3.63, 3.8) is 0 Å². The Morgan fingerprint density at radius 2 is 1.39 bits per heavy atom. The number of hydroxylamine groups is 1. The van der Waals surface area contributed by atoms with E-state index in [-0.39, 0.29) is 19.8 Å². The molecule has 2 amide bonds. The zero-order valence-electron chi connectivity index (χ0n) is 12.5. The molecular formula is C17H18N2O4. The van der Waals surface area contributed by atoms with Gasteiger partial charge >= 0.3 is 6.09 Å². The molecule has 2 aromatic rings. The first-order valence-corrected chi connectivity index (χ1v) is 7.13. The van der Waals surface area contributed by atoms with Gasteiger partial charge in [0.15, 0.2) is 0 Å². The van der Waals surface area contributed by atoms with Crippen LogP contribution in [0.2, 0.25) is 0 Å². The van der Waals surface area contributed by atoms with Crippen molar-refractivity contribution in [3.05, 3.63) is 71.8 Å². The van der Waals surface area contributed by atoms with Gasteiger partial charge in [0.25, 0.3) is 5.91 Å². The number of carbonyl (C=O) groups excluding carboxylic acids is 2. The molecular weight excluding hydrogens is 296 g/mol. The van der Waals surface area contributed by atoms with E-state index in [1.807, 2.05) is 60.7 Å². The van der Waals surface area contributed by atoms with Crippen LogP contribution in [0.1, 0.15) is 11.1 Å². The standard InChI is InChI=1S/C17H18N2O4/c20-16(19-23-13-15-9-5-2-6-10-15)11-18-17(21)22-12-14-7-3-1-4-8-14/h1-10H,11-13H2,(H,18,21)(H,19,20). The second kappa shape index (κ2) is 9.22. The predicted molar refractivity (Wildman–Crippen MR) is 84.0 cm³/mol. The summed E-state index contributed by atoms with van der Waals surface area (Å²) in [4.78, 5) is 28.0. The molecule has 23 heavy (non-hydrogen) atoms. The molecule has 0 aliphatic heterocycles. The molecule has 6 nitrogen and oxygen atoms in total. The number of carbonyl (C=O) groups is 2. The smallest absolute Gasteiger partial charge is 0.407 e. The fourth-order valence-corrected chi connectivity index (χ4v) is 1.74. The zero-order chi connectivity index (χ0) is 16.3. The topological polar surface area (TPSA) is 76.7 Å². The van der Waals surface area contributed by atoms with Crippen molar-refractivity contribution in [1.29, 1.82) is 0 Å². The third-order valence-corrected chi connectivity index (χ3v) is 2.87. The van der Waals surface area contributed by atoms with Crippen LogP contribution in [-0.4, -0.2) is 18.5 Å². The number of hydrogen-bond donors (Lipinski definition) is 2. The summed E-state index contributed by atoms with van der Waals surface area (Å²) in [6.07, 6.45) is -0.660. The van der Waals surface area contributed by atoms with Gasteiger partial charge in [0, 0.05) is 0 Å². The zero-order valence-corrected chi connectivity index (χ0v) is 12.5. The molecule has 0 fully saturated rings. The Labute approximate surface area is 134 Å². The molecule has 0 radical (unpaired) electrons. The van der Waals surface area contributed by atoms with Gasteiger partial charge in [0.2, 0.25) is 0 Å². The number of benzene rings is 2. The average Bonchev–Trinajstić information content (AvgIpc) is 2.60. The van der Waals surface area contributed by atoms with Crippen LogP contribution in [0.5, 0.6) is 0 Å². The molecule has 2 N–H and O–H groups in total. The number of amides is 2. The van der Waals surface area contributed by atoms with E-state index in [0.717, 1.165) is 11.1 Å². The highest BCUT2D eigenvalue weighted by Crippen LogP contribution is 2.00. The minimum Gasteiger partial charge on any atom is -0.445 e. The van der Waals surface area contributed by atoms with Gasteiger partial charge in [0.1, 0.15) is 13.2 Å². The summed E-state index contributed by atoms with van der Waals surface area (Å²) < 4.78 is 4.98. The minimum absolute atomic E-state index is 0.152. The third kappa shape index (κ3) is 6.62. The van der Waals surface area contributed by atoms with Crippen LogP contribution < -0.4 is 10.8 Å². The third-order valence-electron chi connectivity index (χ3n) is 2.87. The van der Waals surface area contributed by atoms with E-state index >= 15 is 0 Å². The molecule has 2 aromatic carbocycles. The largest absolute Gasteiger partial charge is 0.445 e. The molecule has 0 saturated carbocycles. The monoisotopic (exact) mass is 314 g/mol. The van der Waals surface area contributed by atoms with Crippen LogP contribution in [0.25, 0.3) is 0 Å². The van der Waals surface area contributed by atoms with Crippen molar-refractivity contribution in [1.82, 2.24) is 10.8 Å². The molecule has 0 aliphatic rings. The maximum atomic E-state index is 11.5. The summed E-state index contributed by atoms with van der Waals surface area (Å²) >= 11 is 0. The maximum Gasteiger partial charge on any atom is 0.407 e. The lowest BCUT2D eigenvalue weighted by molar-refractivity contribution is -0.133. The number of nitrogens with one attached hydrogen (secondary N) is 2. The van der Waals surface area contributed by atoms with E-state index in [1.165, 1.54) is 0 Å². The Morgan fingerprint density at radius 1 is 0.826 bits per heavy atom. The molecule has 6 heteroatoms. The van der Waals surface area contributed by atoms with Gasteiger partial charge in [-0.25, -0.2) is 10.3 Å². The minimum atomic E-state index is -0.660. The fourth-order valence-electron chi connectivity index (χ4n) is 1.74. The molecule has 0 unspecified atom stereocenters. The lowest BCUT2D eigenvalue weighted by Gasteiger charge is -2.08. The summed E-state index contributed by atoms with van der Waals surface area (Å²) in [7, 11) is 0. The molecule has 0 bridgehead atoms. The van der Waals surface area contributed by atoms with Gasteiger partial charge in [-0.15, -0.1) is 0 Å². The molecule has 0 aliphatic carbocycles. The highest BCUT2D eigenvalue weighted by Gasteiger charge is 2.06. The van der Waals surface area contributed by atoms with E-state index in [1.54, 1.807) is 0 Å². The van der Waals surface area contributed by atoms with Crippen molar-refractivity contribution in [2.45, 2.75) is 13.2 Å². The van der Waals surface area contributed by atoms with Crippen LogP contribution in [0.15, 0.2) is 60.7 Å². The molecule has 0 heterocycles. The summed E-state index contributed by atoms with van der Waals surface area (Å²) in [5.41, 5.74) is 4.06. The van der Waals surface area contributed by atoms with Gasteiger partial charge in [0.05, 0.1) is 6.61 Å². The SMILES string of the molecule is O=C(CNC(=O)OCc1ccccc1)NOCc1ccccc1. The van der Waals surface area contributed by atoms with E-state index < -0.39 is 12.0 Å². The van der Waals surface area contributed by atoms with Crippen LogP contribution in [0.4, 0.5) is 4.79 Å². The fraction of sp³-hybridized carbons (Fsp3) is 0.176. The van der Waals surface area contributed by atoms with Gasteiger partial charge in [-0.2, -0.15) is 0 Å².